The lowest BCUT2D eigenvalue weighted by Crippen LogP contribution is -2.17. The number of ether oxygens (including phenoxy) is 2. The van der Waals surface area contributed by atoms with Crippen LogP contribution in [0.25, 0.3) is 0 Å². The van der Waals surface area contributed by atoms with E-state index in [2.05, 4.69) is 20.6 Å². The van der Waals surface area contributed by atoms with E-state index in [1.54, 1.807) is 38.3 Å². The summed E-state index contributed by atoms with van der Waals surface area (Å²) in [6.07, 6.45) is 2.80. The molecule has 1 aromatic heterocycles. The van der Waals surface area contributed by atoms with Crippen molar-refractivity contribution in [1.82, 2.24) is 9.97 Å². The molecule has 8 heteroatoms. The maximum Gasteiger partial charge on any atom is 0.340 e. The molecule has 0 bridgehead atoms. The van der Waals surface area contributed by atoms with Crippen LogP contribution in [0.4, 0.5) is 17.2 Å². The number of benzene rings is 2. The normalized spacial score (nSPS) is 10.1. The average molecular weight is 392 g/mol. The SMILES string of the molecule is CCOC(=O)c1ccccc1NC(=O)c1cnc(Nc2cccc(OC)c2)cn1. The second kappa shape index (κ2) is 9.32. The zero-order chi connectivity index (χ0) is 20.6. The summed E-state index contributed by atoms with van der Waals surface area (Å²) in [4.78, 5) is 32.9. The maximum absolute atomic E-state index is 12.5. The third-order valence-corrected chi connectivity index (χ3v) is 3.90. The highest BCUT2D eigenvalue weighted by molar-refractivity contribution is 6.07. The molecule has 0 saturated heterocycles. The maximum atomic E-state index is 12.5. The van der Waals surface area contributed by atoms with Gasteiger partial charge >= 0.3 is 5.97 Å². The lowest BCUT2D eigenvalue weighted by Gasteiger charge is -2.10. The Labute approximate surface area is 167 Å². The minimum Gasteiger partial charge on any atom is -0.497 e. The smallest absolute Gasteiger partial charge is 0.340 e. The number of amides is 1. The number of methoxy groups -OCH3 is 1. The van der Waals surface area contributed by atoms with Crippen LogP contribution in [-0.4, -0.2) is 35.6 Å². The zero-order valence-corrected chi connectivity index (χ0v) is 16.0. The lowest BCUT2D eigenvalue weighted by molar-refractivity contribution is 0.0527. The molecule has 0 unspecified atom stereocenters. The molecule has 0 aliphatic heterocycles. The van der Waals surface area contributed by atoms with E-state index in [-0.39, 0.29) is 17.9 Å². The first-order chi connectivity index (χ1) is 14.1. The number of para-hydroxylation sites is 1. The standard InChI is InChI=1S/C21H20N4O4/c1-3-29-21(27)16-9-4-5-10-17(16)25-20(26)18-12-23-19(13-22-18)24-14-7-6-8-15(11-14)28-2/h4-13H,3H2,1-2H3,(H,23,24)(H,25,26). The Morgan fingerprint density at radius 3 is 2.59 bits per heavy atom. The van der Waals surface area contributed by atoms with E-state index < -0.39 is 11.9 Å². The van der Waals surface area contributed by atoms with Crippen molar-refractivity contribution >= 4 is 29.1 Å². The number of hydrogen-bond donors (Lipinski definition) is 2. The van der Waals surface area contributed by atoms with Crippen molar-refractivity contribution in [1.29, 1.82) is 0 Å². The molecule has 148 valence electrons. The summed E-state index contributed by atoms with van der Waals surface area (Å²) in [6, 6.07) is 14.0. The number of aromatic nitrogens is 2. The van der Waals surface area contributed by atoms with Crippen molar-refractivity contribution in [2.24, 2.45) is 0 Å². The average Bonchev–Trinajstić information content (AvgIpc) is 2.75. The summed E-state index contributed by atoms with van der Waals surface area (Å²) < 4.78 is 10.2. The molecule has 0 radical (unpaired) electrons. The topological polar surface area (TPSA) is 102 Å². The number of anilines is 3. The minimum absolute atomic E-state index is 0.111. The molecule has 3 rings (SSSR count). The molecular formula is C21H20N4O4. The van der Waals surface area contributed by atoms with E-state index in [0.29, 0.717) is 17.3 Å². The van der Waals surface area contributed by atoms with Gasteiger partial charge in [-0.15, -0.1) is 0 Å². The fraction of sp³-hybridized carbons (Fsp3) is 0.143. The molecule has 1 heterocycles. The number of esters is 1. The molecule has 0 fully saturated rings. The van der Waals surface area contributed by atoms with E-state index in [1.165, 1.54) is 12.4 Å². The van der Waals surface area contributed by atoms with Crippen LogP contribution >= 0.6 is 0 Å². The van der Waals surface area contributed by atoms with Crippen molar-refractivity contribution in [3.63, 3.8) is 0 Å². The number of rotatable bonds is 7. The van der Waals surface area contributed by atoms with Crippen molar-refractivity contribution in [3.05, 3.63) is 72.2 Å². The van der Waals surface area contributed by atoms with E-state index in [4.69, 9.17) is 9.47 Å². The van der Waals surface area contributed by atoms with Gasteiger partial charge < -0.3 is 20.1 Å². The molecule has 29 heavy (non-hydrogen) atoms. The quantitative estimate of drug-likeness (QED) is 0.592. The highest BCUT2D eigenvalue weighted by Crippen LogP contribution is 2.20. The van der Waals surface area contributed by atoms with Crippen LogP contribution in [0, 0.1) is 0 Å². The minimum atomic E-state index is -0.507. The molecule has 2 aromatic carbocycles. The van der Waals surface area contributed by atoms with E-state index >= 15 is 0 Å². The molecule has 0 atom stereocenters. The van der Waals surface area contributed by atoms with Gasteiger partial charge in [0.2, 0.25) is 0 Å². The number of carbonyl (C=O) groups is 2. The van der Waals surface area contributed by atoms with Gasteiger partial charge in [0.25, 0.3) is 5.91 Å². The summed E-state index contributed by atoms with van der Waals surface area (Å²) in [7, 11) is 1.59. The summed E-state index contributed by atoms with van der Waals surface area (Å²) in [6.45, 7) is 1.96. The van der Waals surface area contributed by atoms with Crippen LogP contribution in [-0.2, 0) is 4.74 Å². The van der Waals surface area contributed by atoms with Gasteiger partial charge in [-0.1, -0.05) is 18.2 Å². The van der Waals surface area contributed by atoms with Crippen LogP contribution in [0.1, 0.15) is 27.8 Å². The fourth-order valence-electron chi connectivity index (χ4n) is 2.52. The lowest BCUT2D eigenvalue weighted by atomic mass is 10.1. The van der Waals surface area contributed by atoms with Crippen LogP contribution in [0.15, 0.2) is 60.9 Å². The van der Waals surface area contributed by atoms with Crippen LogP contribution in [0.5, 0.6) is 5.75 Å². The van der Waals surface area contributed by atoms with E-state index in [9.17, 15) is 9.59 Å². The predicted octanol–water partition coefficient (Wildman–Crippen LogP) is 3.66. The monoisotopic (exact) mass is 392 g/mol. The Morgan fingerprint density at radius 1 is 1.03 bits per heavy atom. The van der Waals surface area contributed by atoms with Gasteiger partial charge in [-0.3, -0.25) is 4.79 Å². The first-order valence-electron chi connectivity index (χ1n) is 8.91. The van der Waals surface area contributed by atoms with Crippen molar-refractivity contribution in [2.75, 3.05) is 24.4 Å². The second-order valence-electron chi connectivity index (χ2n) is 5.86. The molecule has 0 aliphatic carbocycles. The molecule has 0 spiro atoms. The van der Waals surface area contributed by atoms with E-state index in [0.717, 1.165) is 5.69 Å². The second-order valence-corrected chi connectivity index (χ2v) is 5.86. The summed E-state index contributed by atoms with van der Waals surface area (Å²) in [5.74, 6) is 0.190. The van der Waals surface area contributed by atoms with Gasteiger partial charge in [0.15, 0.2) is 0 Å². The van der Waals surface area contributed by atoms with Gasteiger partial charge in [0, 0.05) is 11.8 Å². The number of carbonyl (C=O) groups excluding carboxylic acids is 2. The number of nitrogens with one attached hydrogen (secondary N) is 2. The largest absolute Gasteiger partial charge is 0.497 e. The third kappa shape index (κ3) is 5.07. The molecule has 2 N–H and O–H groups in total. The van der Waals surface area contributed by atoms with Gasteiger partial charge in [-0.05, 0) is 31.2 Å². The van der Waals surface area contributed by atoms with Crippen molar-refractivity contribution in [3.8, 4) is 5.75 Å². The Balaban J connectivity index is 1.70. The van der Waals surface area contributed by atoms with E-state index in [1.807, 2.05) is 24.3 Å². The molecule has 1 amide bonds. The van der Waals surface area contributed by atoms with Gasteiger partial charge in [0.1, 0.15) is 17.3 Å². The fourth-order valence-corrected chi connectivity index (χ4v) is 2.52. The van der Waals surface area contributed by atoms with Crippen LogP contribution < -0.4 is 15.4 Å². The van der Waals surface area contributed by atoms with Crippen molar-refractivity contribution < 1.29 is 19.1 Å². The van der Waals surface area contributed by atoms with Crippen LogP contribution in [0.3, 0.4) is 0 Å². The number of hydrogen-bond acceptors (Lipinski definition) is 7. The van der Waals surface area contributed by atoms with Crippen molar-refractivity contribution in [2.45, 2.75) is 6.92 Å². The zero-order valence-electron chi connectivity index (χ0n) is 16.0. The highest BCUT2D eigenvalue weighted by Gasteiger charge is 2.15. The highest BCUT2D eigenvalue weighted by atomic mass is 16.5. The van der Waals surface area contributed by atoms with Gasteiger partial charge in [0.05, 0.1) is 37.4 Å². The first-order valence-corrected chi connectivity index (χ1v) is 8.91. The summed E-state index contributed by atoms with van der Waals surface area (Å²) in [5, 5.41) is 5.76. The molecule has 8 nitrogen and oxygen atoms in total. The van der Waals surface area contributed by atoms with Crippen LogP contribution in [0.2, 0.25) is 0 Å². The molecule has 0 aliphatic rings. The first kappa shape index (κ1) is 19.8. The molecule has 3 aromatic rings. The molecule has 0 saturated carbocycles. The Kier molecular flexibility index (Phi) is 6.36. The predicted molar refractivity (Wildman–Crippen MR) is 109 cm³/mol. The Hall–Kier alpha value is -3.94. The summed E-state index contributed by atoms with van der Waals surface area (Å²) in [5.41, 5.74) is 1.50. The Bertz CT molecular complexity index is 1010. The Morgan fingerprint density at radius 2 is 1.86 bits per heavy atom. The number of nitrogens with zero attached hydrogens (tertiary/aromatic N) is 2. The molecular weight excluding hydrogens is 372 g/mol. The third-order valence-electron chi connectivity index (χ3n) is 3.90. The van der Waals surface area contributed by atoms with Gasteiger partial charge in [-0.2, -0.15) is 0 Å². The van der Waals surface area contributed by atoms with Gasteiger partial charge in [-0.25, -0.2) is 14.8 Å². The summed E-state index contributed by atoms with van der Waals surface area (Å²) >= 11 is 0.